The van der Waals surface area contributed by atoms with Crippen molar-refractivity contribution < 1.29 is 9.90 Å². The summed E-state index contributed by atoms with van der Waals surface area (Å²) in [6.07, 6.45) is 11.5. The first-order valence-corrected chi connectivity index (χ1v) is 7.34. The number of hydrogen-bond acceptors (Lipinski definition) is 3. The van der Waals surface area contributed by atoms with Crippen molar-refractivity contribution in [2.75, 3.05) is 19.6 Å². The predicted octanol–water partition coefficient (Wildman–Crippen LogP) is 0.751. The third-order valence-electron chi connectivity index (χ3n) is 4.42. The van der Waals surface area contributed by atoms with Gasteiger partial charge >= 0.3 is 0 Å². The Kier molecular flexibility index (Phi) is 5.24. The molecular formula is C15H24N2O2. The van der Waals surface area contributed by atoms with E-state index in [2.05, 4.69) is 16.1 Å². The Morgan fingerprint density at radius 3 is 2.84 bits per heavy atom. The fourth-order valence-electron chi connectivity index (χ4n) is 3.51. The van der Waals surface area contributed by atoms with Crippen molar-refractivity contribution in [3.05, 3.63) is 0 Å². The summed E-state index contributed by atoms with van der Waals surface area (Å²) in [5.74, 6) is 2.75. The van der Waals surface area contributed by atoms with E-state index >= 15 is 0 Å². The van der Waals surface area contributed by atoms with Crippen LogP contribution >= 0.6 is 0 Å². The van der Waals surface area contributed by atoms with Gasteiger partial charge in [-0.15, -0.1) is 6.42 Å². The minimum absolute atomic E-state index is 0.00449. The summed E-state index contributed by atoms with van der Waals surface area (Å²) in [7, 11) is 0. The van der Waals surface area contributed by atoms with Crippen molar-refractivity contribution in [1.29, 1.82) is 0 Å². The zero-order valence-electron chi connectivity index (χ0n) is 11.5. The molecule has 1 saturated heterocycles. The molecule has 3 atom stereocenters. The zero-order chi connectivity index (χ0) is 13.7. The lowest BCUT2D eigenvalue weighted by Gasteiger charge is -2.36. The summed E-state index contributed by atoms with van der Waals surface area (Å²) < 4.78 is 0. The summed E-state index contributed by atoms with van der Waals surface area (Å²) in [5.41, 5.74) is 0. The van der Waals surface area contributed by atoms with E-state index < -0.39 is 0 Å². The van der Waals surface area contributed by atoms with E-state index in [-0.39, 0.29) is 12.0 Å². The Bertz CT molecular complexity index is 351. The van der Waals surface area contributed by atoms with E-state index in [0.29, 0.717) is 25.0 Å². The number of hydrogen-bond donors (Lipinski definition) is 2. The molecule has 3 unspecified atom stereocenters. The summed E-state index contributed by atoms with van der Waals surface area (Å²) in [4.78, 5) is 14.0. The van der Waals surface area contributed by atoms with Gasteiger partial charge < -0.3 is 10.4 Å². The van der Waals surface area contributed by atoms with E-state index in [1.165, 1.54) is 6.42 Å². The minimum atomic E-state index is -0.187. The number of aliphatic hydroxyl groups is 1. The van der Waals surface area contributed by atoms with Gasteiger partial charge in [-0.3, -0.25) is 9.69 Å². The minimum Gasteiger partial charge on any atom is -0.393 e. The lowest BCUT2D eigenvalue weighted by atomic mass is 9.80. The average Bonchev–Trinajstić information content (AvgIpc) is 2.85. The second kappa shape index (κ2) is 6.93. The van der Waals surface area contributed by atoms with Crippen LogP contribution < -0.4 is 5.32 Å². The SMILES string of the molecule is C#CCNC(=O)CN1CCCC1C1CCCCC1O. The second-order valence-corrected chi connectivity index (χ2v) is 5.68. The van der Waals surface area contributed by atoms with Crippen molar-refractivity contribution in [1.82, 2.24) is 10.2 Å². The van der Waals surface area contributed by atoms with Gasteiger partial charge in [-0.1, -0.05) is 18.8 Å². The monoisotopic (exact) mass is 264 g/mol. The molecular weight excluding hydrogens is 240 g/mol. The molecule has 0 spiro atoms. The third kappa shape index (κ3) is 3.71. The Morgan fingerprint density at radius 2 is 2.11 bits per heavy atom. The molecule has 1 saturated carbocycles. The molecule has 2 N–H and O–H groups in total. The largest absolute Gasteiger partial charge is 0.393 e. The molecule has 1 aliphatic carbocycles. The van der Waals surface area contributed by atoms with Crippen LogP contribution in [-0.4, -0.2) is 47.7 Å². The molecule has 1 aliphatic heterocycles. The standard InChI is InChI=1S/C15H24N2O2/c1-2-9-16-15(19)11-17-10-5-7-13(17)12-6-3-4-8-14(12)18/h1,12-14,18H,3-11H2,(H,16,19). The van der Waals surface area contributed by atoms with Gasteiger partial charge in [-0.25, -0.2) is 0 Å². The number of likely N-dealkylation sites (tertiary alicyclic amines) is 1. The van der Waals surface area contributed by atoms with E-state index in [9.17, 15) is 9.90 Å². The maximum Gasteiger partial charge on any atom is 0.234 e. The van der Waals surface area contributed by atoms with Gasteiger partial charge in [0.2, 0.25) is 5.91 Å². The second-order valence-electron chi connectivity index (χ2n) is 5.68. The first-order valence-electron chi connectivity index (χ1n) is 7.34. The van der Waals surface area contributed by atoms with Crippen LogP contribution in [0.5, 0.6) is 0 Å². The molecule has 2 fully saturated rings. The predicted molar refractivity (Wildman–Crippen MR) is 74.4 cm³/mol. The molecule has 1 heterocycles. The van der Waals surface area contributed by atoms with Gasteiger partial charge in [0.15, 0.2) is 0 Å². The summed E-state index contributed by atoms with van der Waals surface area (Å²) in [6, 6.07) is 0.367. The highest BCUT2D eigenvalue weighted by Crippen LogP contribution is 2.34. The Morgan fingerprint density at radius 1 is 1.32 bits per heavy atom. The molecule has 4 heteroatoms. The lowest BCUT2D eigenvalue weighted by Crippen LogP contribution is -2.46. The summed E-state index contributed by atoms with van der Waals surface area (Å²) in [5, 5.41) is 12.9. The van der Waals surface area contributed by atoms with Crippen LogP contribution in [0.1, 0.15) is 38.5 Å². The Hall–Kier alpha value is -1.05. The highest BCUT2D eigenvalue weighted by molar-refractivity contribution is 5.78. The average molecular weight is 264 g/mol. The van der Waals surface area contributed by atoms with Crippen LogP contribution in [0, 0.1) is 18.3 Å². The van der Waals surface area contributed by atoms with Gasteiger partial charge in [0.25, 0.3) is 0 Å². The highest BCUT2D eigenvalue weighted by atomic mass is 16.3. The number of amides is 1. The van der Waals surface area contributed by atoms with Crippen molar-refractivity contribution in [2.24, 2.45) is 5.92 Å². The lowest BCUT2D eigenvalue weighted by molar-refractivity contribution is -0.122. The molecule has 0 aromatic carbocycles. The Balaban J connectivity index is 1.89. The number of nitrogens with one attached hydrogen (secondary N) is 1. The van der Waals surface area contributed by atoms with E-state index in [0.717, 1.165) is 38.6 Å². The van der Waals surface area contributed by atoms with Gasteiger partial charge in [-0.2, -0.15) is 0 Å². The van der Waals surface area contributed by atoms with Gasteiger partial charge in [-0.05, 0) is 32.2 Å². The molecule has 0 aromatic rings. The van der Waals surface area contributed by atoms with Gasteiger partial charge in [0.05, 0.1) is 19.2 Å². The first-order chi connectivity index (χ1) is 9.22. The first kappa shape index (κ1) is 14.4. The maximum absolute atomic E-state index is 11.8. The molecule has 106 valence electrons. The molecule has 0 bridgehead atoms. The van der Waals surface area contributed by atoms with Gasteiger partial charge in [0, 0.05) is 12.0 Å². The number of nitrogens with zero attached hydrogens (tertiary/aromatic N) is 1. The molecule has 1 amide bonds. The third-order valence-corrected chi connectivity index (χ3v) is 4.42. The fraction of sp³-hybridized carbons (Fsp3) is 0.800. The van der Waals surface area contributed by atoms with E-state index in [1.54, 1.807) is 0 Å². The van der Waals surface area contributed by atoms with Crippen LogP contribution in [0.25, 0.3) is 0 Å². The summed E-state index contributed by atoms with van der Waals surface area (Å²) in [6.45, 7) is 1.66. The number of carbonyl (C=O) groups is 1. The number of terminal acetylenes is 1. The zero-order valence-corrected chi connectivity index (χ0v) is 11.5. The topological polar surface area (TPSA) is 52.6 Å². The van der Waals surface area contributed by atoms with Crippen LogP contribution in [0.3, 0.4) is 0 Å². The van der Waals surface area contributed by atoms with Crippen LogP contribution in [-0.2, 0) is 4.79 Å². The van der Waals surface area contributed by atoms with Gasteiger partial charge in [0.1, 0.15) is 0 Å². The molecule has 4 nitrogen and oxygen atoms in total. The quantitative estimate of drug-likeness (QED) is 0.737. The van der Waals surface area contributed by atoms with Crippen molar-refractivity contribution in [2.45, 2.75) is 50.7 Å². The van der Waals surface area contributed by atoms with E-state index in [1.807, 2.05) is 0 Å². The molecule has 0 radical (unpaired) electrons. The van der Waals surface area contributed by atoms with Crippen molar-refractivity contribution in [3.8, 4) is 12.3 Å². The normalized spacial score (nSPS) is 31.9. The summed E-state index contributed by atoms with van der Waals surface area (Å²) >= 11 is 0. The fourth-order valence-corrected chi connectivity index (χ4v) is 3.51. The highest BCUT2D eigenvalue weighted by Gasteiger charge is 2.37. The van der Waals surface area contributed by atoms with Crippen LogP contribution in [0.2, 0.25) is 0 Å². The molecule has 0 aromatic heterocycles. The molecule has 19 heavy (non-hydrogen) atoms. The number of rotatable bonds is 4. The Labute approximate surface area is 115 Å². The smallest absolute Gasteiger partial charge is 0.234 e. The van der Waals surface area contributed by atoms with Crippen molar-refractivity contribution in [3.63, 3.8) is 0 Å². The van der Waals surface area contributed by atoms with Crippen LogP contribution in [0.15, 0.2) is 0 Å². The van der Waals surface area contributed by atoms with Crippen LogP contribution in [0.4, 0.5) is 0 Å². The number of carbonyl (C=O) groups excluding carboxylic acids is 1. The van der Waals surface area contributed by atoms with E-state index in [4.69, 9.17) is 6.42 Å². The molecule has 2 rings (SSSR count). The molecule has 2 aliphatic rings. The van der Waals surface area contributed by atoms with Crippen molar-refractivity contribution >= 4 is 5.91 Å². The number of aliphatic hydroxyl groups excluding tert-OH is 1. The maximum atomic E-state index is 11.8.